The molecule has 1 aliphatic heterocycles. The van der Waals surface area contributed by atoms with Gasteiger partial charge in [0.15, 0.2) is 0 Å². The molecule has 1 N–H and O–H groups in total. The van der Waals surface area contributed by atoms with E-state index in [1.165, 1.54) is 0 Å². The lowest BCUT2D eigenvalue weighted by molar-refractivity contribution is 0.183. The Morgan fingerprint density at radius 1 is 1.67 bits per heavy atom. The topological polar surface area (TPSA) is 68.1 Å². The molecule has 2 heterocycles. The predicted molar refractivity (Wildman–Crippen MR) is 39.8 cm³/mol. The number of nitrogens with one attached hydrogen (secondary N) is 1. The summed E-state index contributed by atoms with van der Waals surface area (Å²) in [5.41, 5.74) is -0.413. The van der Waals surface area contributed by atoms with Gasteiger partial charge in [-0.1, -0.05) is 0 Å². The minimum Gasteiger partial charge on any atom is -0.381 e. The predicted octanol–water partition coefficient (Wildman–Crippen LogP) is -0.0581. The molecule has 66 valence electrons. The van der Waals surface area contributed by atoms with Crippen LogP contribution in [0.3, 0.4) is 0 Å². The molecule has 5 heteroatoms. The Labute approximate surface area is 68.7 Å². The van der Waals surface area contributed by atoms with Crippen LogP contribution in [0.4, 0.5) is 0 Å². The Balaban J connectivity index is 1.98. The highest BCUT2D eigenvalue weighted by molar-refractivity contribution is 4.80. The van der Waals surface area contributed by atoms with Crippen molar-refractivity contribution in [3.05, 3.63) is 16.4 Å². The number of H-pyrrole nitrogens is 1. The van der Waals surface area contributed by atoms with Crippen LogP contribution in [0, 0.1) is 5.92 Å². The van der Waals surface area contributed by atoms with Gasteiger partial charge in [-0.2, -0.15) is 10.1 Å². The first-order chi connectivity index (χ1) is 5.84. The van der Waals surface area contributed by atoms with Gasteiger partial charge in [0.2, 0.25) is 5.89 Å². The summed E-state index contributed by atoms with van der Waals surface area (Å²) in [6.45, 7) is 1.55. The van der Waals surface area contributed by atoms with Crippen molar-refractivity contribution in [2.75, 3.05) is 13.2 Å². The van der Waals surface area contributed by atoms with Gasteiger partial charge in [0.25, 0.3) is 0 Å². The van der Waals surface area contributed by atoms with E-state index in [1.54, 1.807) is 0 Å². The maximum absolute atomic E-state index is 10.6. The zero-order valence-electron chi connectivity index (χ0n) is 6.58. The molecule has 0 spiro atoms. The lowest BCUT2D eigenvalue weighted by Crippen LogP contribution is -2.06. The molecule has 1 aromatic rings. The van der Waals surface area contributed by atoms with Crippen molar-refractivity contribution in [3.63, 3.8) is 0 Å². The van der Waals surface area contributed by atoms with Gasteiger partial charge in [0, 0.05) is 19.6 Å². The van der Waals surface area contributed by atoms with Crippen molar-refractivity contribution in [1.29, 1.82) is 0 Å². The van der Waals surface area contributed by atoms with Crippen molar-refractivity contribution >= 4 is 0 Å². The Morgan fingerprint density at radius 3 is 3.17 bits per heavy atom. The molecular weight excluding hydrogens is 160 g/mol. The second-order valence-corrected chi connectivity index (χ2v) is 2.95. The van der Waals surface area contributed by atoms with E-state index in [2.05, 4.69) is 10.1 Å². The van der Waals surface area contributed by atoms with E-state index in [0.717, 1.165) is 19.6 Å². The van der Waals surface area contributed by atoms with Crippen LogP contribution in [0.2, 0.25) is 0 Å². The summed E-state index contributed by atoms with van der Waals surface area (Å²) in [5.74, 6) is 0.937. The Kier molecular flexibility index (Phi) is 1.95. The third kappa shape index (κ3) is 1.55. The molecule has 1 fully saturated rings. The van der Waals surface area contributed by atoms with Gasteiger partial charge >= 0.3 is 5.69 Å². The molecule has 5 nitrogen and oxygen atoms in total. The van der Waals surface area contributed by atoms with Crippen LogP contribution in [0.25, 0.3) is 0 Å². The van der Waals surface area contributed by atoms with Crippen LogP contribution in [-0.4, -0.2) is 23.4 Å². The molecule has 0 aliphatic carbocycles. The molecule has 0 saturated carbocycles. The van der Waals surface area contributed by atoms with Crippen LogP contribution in [-0.2, 0) is 11.2 Å². The fourth-order valence-electron chi connectivity index (χ4n) is 1.34. The zero-order chi connectivity index (χ0) is 8.39. The Bertz CT molecular complexity index is 298. The molecule has 1 aliphatic rings. The smallest absolute Gasteiger partial charge is 0.377 e. The van der Waals surface area contributed by atoms with Gasteiger partial charge in [-0.15, -0.1) is 0 Å². The summed E-state index contributed by atoms with van der Waals surface area (Å²) in [5, 5.41) is 2.16. The number of ether oxygens (including phenoxy) is 1. The second-order valence-electron chi connectivity index (χ2n) is 2.95. The van der Waals surface area contributed by atoms with Crippen LogP contribution >= 0.6 is 0 Å². The number of aromatic amines is 1. The molecule has 1 aromatic heterocycles. The summed E-state index contributed by atoms with van der Waals surface area (Å²) in [6.07, 6.45) is 1.72. The highest BCUT2D eigenvalue weighted by atomic mass is 16.5. The number of aromatic nitrogens is 2. The molecule has 0 radical (unpaired) electrons. The van der Waals surface area contributed by atoms with Gasteiger partial charge in [-0.3, -0.25) is 0 Å². The second kappa shape index (κ2) is 3.10. The summed E-state index contributed by atoms with van der Waals surface area (Å²) in [4.78, 5) is 14.2. The molecular formula is C7H10N2O3. The average molecular weight is 170 g/mol. The van der Waals surface area contributed by atoms with E-state index in [9.17, 15) is 4.79 Å². The largest absolute Gasteiger partial charge is 0.381 e. The van der Waals surface area contributed by atoms with Gasteiger partial charge in [-0.25, -0.2) is 4.79 Å². The molecule has 12 heavy (non-hydrogen) atoms. The van der Waals surface area contributed by atoms with Crippen molar-refractivity contribution < 1.29 is 9.26 Å². The summed E-state index contributed by atoms with van der Waals surface area (Å²) in [7, 11) is 0. The van der Waals surface area contributed by atoms with Crippen molar-refractivity contribution in [3.8, 4) is 0 Å². The standard InChI is InChI=1S/C7H10N2O3/c10-7-8-6(12-9-7)3-5-1-2-11-4-5/h5H,1-4H2,(H,9,10). The lowest BCUT2D eigenvalue weighted by Gasteiger charge is -2.00. The highest BCUT2D eigenvalue weighted by Crippen LogP contribution is 2.15. The van der Waals surface area contributed by atoms with E-state index in [1.807, 2.05) is 0 Å². The number of hydrogen-bond donors (Lipinski definition) is 1. The SMILES string of the molecule is O=c1nc(CC2CCOC2)o[nH]1. The molecule has 2 rings (SSSR count). The van der Waals surface area contributed by atoms with E-state index in [0.29, 0.717) is 18.2 Å². The maximum atomic E-state index is 10.6. The Morgan fingerprint density at radius 2 is 2.58 bits per heavy atom. The van der Waals surface area contributed by atoms with E-state index >= 15 is 0 Å². The van der Waals surface area contributed by atoms with Crippen molar-refractivity contribution in [2.45, 2.75) is 12.8 Å². The van der Waals surface area contributed by atoms with Crippen LogP contribution in [0.1, 0.15) is 12.3 Å². The van der Waals surface area contributed by atoms with Gasteiger partial charge in [0.1, 0.15) is 0 Å². The summed E-state index contributed by atoms with van der Waals surface area (Å²) < 4.78 is 10.0. The summed E-state index contributed by atoms with van der Waals surface area (Å²) >= 11 is 0. The minimum atomic E-state index is -0.413. The van der Waals surface area contributed by atoms with Gasteiger partial charge in [0.05, 0.1) is 0 Å². The monoisotopic (exact) mass is 170 g/mol. The molecule has 0 aromatic carbocycles. The van der Waals surface area contributed by atoms with Crippen LogP contribution < -0.4 is 5.69 Å². The third-order valence-electron chi connectivity index (χ3n) is 1.97. The first-order valence-corrected chi connectivity index (χ1v) is 3.97. The minimum absolute atomic E-state index is 0.413. The fourth-order valence-corrected chi connectivity index (χ4v) is 1.34. The van der Waals surface area contributed by atoms with E-state index < -0.39 is 5.69 Å². The molecule has 1 unspecified atom stereocenters. The quantitative estimate of drug-likeness (QED) is 0.675. The molecule has 1 atom stereocenters. The van der Waals surface area contributed by atoms with Gasteiger partial charge in [-0.05, 0) is 12.3 Å². The number of hydrogen-bond acceptors (Lipinski definition) is 4. The summed E-state index contributed by atoms with van der Waals surface area (Å²) in [6, 6.07) is 0. The first-order valence-electron chi connectivity index (χ1n) is 3.97. The average Bonchev–Trinajstić information content (AvgIpc) is 2.63. The van der Waals surface area contributed by atoms with Crippen molar-refractivity contribution in [1.82, 2.24) is 10.1 Å². The first kappa shape index (κ1) is 7.54. The van der Waals surface area contributed by atoms with Crippen molar-refractivity contribution in [2.24, 2.45) is 5.92 Å². The fraction of sp³-hybridized carbons (Fsp3) is 0.714. The normalized spacial score (nSPS) is 23.2. The lowest BCUT2D eigenvalue weighted by atomic mass is 10.1. The maximum Gasteiger partial charge on any atom is 0.377 e. The molecule has 0 amide bonds. The van der Waals surface area contributed by atoms with Crippen LogP contribution in [0.5, 0.6) is 0 Å². The molecule has 0 bridgehead atoms. The van der Waals surface area contributed by atoms with E-state index in [4.69, 9.17) is 9.26 Å². The number of nitrogens with zero attached hydrogens (tertiary/aromatic N) is 1. The van der Waals surface area contributed by atoms with E-state index in [-0.39, 0.29) is 0 Å². The molecule has 1 saturated heterocycles. The Hall–Kier alpha value is -1.10. The zero-order valence-corrected chi connectivity index (χ0v) is 6.58. The third-order valence-corrected chi connectivity index (χ3v) is 1.97. The van der Waals surface area contributed by atoms with Gasteiger partial charge < -0.3 is 9.26 Å². The highest BCUT2D eigenvalue weighted by Gasteiger charge is 2.18. The van der Waals surface area contributed by atoms with Crippen LogP contribution in [0.15, 0.2) is 9.32 Å². The number of rotatable bonds is 2.